The molecule has 9 heteroatoms. The predicted octanol–water partition coefficient (Wildman–Crippen LogP) is 2.58. The first-order valence-corrected chi connectivity index (χ1v) is 5.64. The van der Waals surface area contributed by atoms with E-state index in [0.29, 0.717) is 0 Å². The topological polar surface area (TPSA) is 66.4 Å². The predicted molar refractivity (Wildman–Crippen MR) is 59.3 cm³/mol. The normalized spacial score (nSPS) is 14.8. The highest BCUT2D eigenvalue weighted by molar-refractivity contribution is 5.85. The molecule has 0 rings (SSSR count). The summed E-state index contributed by atoms with van der Waals surface area (Å²) in [6.45, 7) is 4.90. The third-order valence-corrected chi connectivity index (χ3v) is 2.26. The van der Waals surface area contributed by atoms with Gasteiger partial charge in [-0.25, -0.2) is 0 Å². The van der Waals surface area contributed by atoms with Gasteiger partial charge in [-0.2, -0.15) is 22.0 Å². The van der Waals surface area contributed by atoms with Crippen LogP contribution in [0.3, 0.4) is 0 Å². The molecule has 1 atom stereocenters. The zero-order valence-electron chi connectivity index (χ0n) is 11.1. The van der Waals surface area contributed by atoms with Crippen LogP contribution in [0.4, 0.5) is 22.0 Å². The van der Waals surface area contributed by atoms with Crippen molar-refractivity contribution in [3.05, 3.63) is 0 Å². The van der Waals surface area contributed by atoms with Gasteiger partial charge in [0.25, 0.3) is 0 Å². The molecule has 2 N–H and O–H groups in total. The summed E-state index contributed by atoms with van der Waals surface area (Å²) in [6, 6.07) is -1.31. The summed E-state index contributed by atoms with van der Waals surface area (Å²) < 4.78 is 61.6. The van der Waals surface area contributed by atoms with Crippen LogP contribution < -0.4 is 5.32 Å². The summed E-state index contributed by atoms with van der Waals surface area (Å²) in [5.74, 6) is -9.50. The van der Waals surface area contributed by atoms with E-state index in [9.17, 15) is 31.5 Å². The molecule has 1 amide bonds. The van der Waals surface area contributed by atoms with Crippen LogP contribution in [-0.2, 0) is 9.59 Å². The number of carbonyl (C=O) groups excluding carboxylic acids is 1. The molecule has 0 saturated heterocycles. The lowest BCUT2D eigenvalue weighted by atomic mass is 9.87. The van der Waals surface area contributed by atoms with E-state index in [-0.39, 0.29) is 6.42 Å². The van der Waals surface area contributed by atoms with E-state index >= 15 is 0 Å². The molecule has 0 radical (unpaired) electrons. The van der Waals surface area contributed by atoms with E-state index in [0.717, 1.165) is 0 Å². The van der Waals surface area contributed by atoms with E-state index in [2.05, 4.69) is 0 Å². The van der Waals surface area contributed by atoms with Crippen molar-refractivity contribution in [1.29, 1.82) is 0 Å². The summed E-state index contributed by atoms with van der Waals surface area (Å²) in [4.78, 5) is 21.6. The van der Waals surface area contributed by atoms with Gasteiger partial charge in [0.2, 0.25) is 0 Å². The van der Waals surface area contributed by atoms with Crippen molar-refractivity contribution in [3.8, 4) is 0 Å². The van der Waals surface area contributed by atoms with Crippen LogP contribution in [-0.4, -0.2) is 35.1 Å². The lowest BCUT2D eigenvalue weighted by Gasteiger charge is -2.27. The zero-order chi connectivity index (χ0) is 16.4. The molecule has 0 aromatic carbocycles. The molecule has 118 valence electrons. The number of carboxylic acid groups (broad SMARTS) is 1. The number of amides is 1. The Balaban J connectivity index is 4.99. The Kier molecular flexibility index (Phi) is 5.51. The number of hydrogen-bond donors (Lipinski definition) is 2. The molecule has 0 spiro atoms. The molecule has 0 saturated carbocycles. The molecule has 20 heavy (non-hydrogen) atoms. The van der Waals surface area contributed by atoms with E-state index in [1.54, 1.807) is 20.8 Å². The highest BCUT2D eigenvalue weighted by Crippen LogP contribution is 2.36. The minimum absolute atomic E-state index is 0.0566. The zero-order valence-corrected chi connectivity index (χ0v) is 11.1. The van der Waals surface area contributed by atoms with Gasteiger partial charge in [0.05, 0.1) is 6.42 Å². The second-order valence-corrected chi connectivity index (χ2v) is 5.61. The maximum Gasteiger partial charge on any atom is 0.463 e. The molecule has 1 unspecified atom stereocenters. The van der Waals surface area contributed by atoms with Crippen molar-refractivity contribution in [3.63, 3.8) is 0 Å². The van der Waals surface area contributed by atoms with Gasteiger partial charge in [-0.1, -0.05) is 20.8 Å². The number of nitrogens with one attached hydrogen (secondary N) is 1. The molecule has 0 fully saturated rings. The minimum atomic E-state index is -6.02. The highest BCUT2D eigenvalue weighted by atomic mass is 19.4. The molecule has 4 nitrogen and oxygen atoms in total. The SMILES string of the molecule is CC(C)(C)CC(CC(=O)O)NC(=O)C(F)(F)C(F)(F)F. The van der Waals surface area contributed by atoms with Gasteiger partial charge in [0, 0.05) is 6.04 Å². The van der Waals surface area contributed by atoms with E-state index < -0.39 is 41.9 Å². The fraction of sp³-hybridized carbons (Fsp3) is 0.818. The maximum atomic E-state index is 12.8. The highest BCUT2D eigenvalue weighted by Gasteiger charge is 2.63. The van der Waals surface area contributed by atoms with Crippen molar-refractivity contribution >= 4 is 11.9 Å². The van der Waals surface area contributed by atoms with E-state index in [4.69, 9.17) is 5.11 Å². The number of carboxylic acids is 1. The molecule has 0 aliphatic rings. The second kappa shape index (κ2) is 5.92. The number of hydrogen-bond acceptors (Lipinski definition) is 2. The van der Waals surface area contributed by atoms with Crippen LogP contribution in [0.5, 0.6) is 0 Å². The lowest BCUT2D eigenvalue weighted by molar-refractivity contribution is -0.270. The van der Waals surface area contributed by atoms with E-state index in [1.807, 2.05) is 0 Å². The first kappa shape index (κ1) is 18.6. The second-order valence-electron chi connectivity index (χ2n) is 5.61. The third kappa shape index (κ3) is 5.70. The standard InChI is InChI=1S/C11H16F5NO3/c1-9(2,3)5-6(4-7(18)19)17-8(20)10(12,13)11(14,15)16/h6H,4-5H2,1-3H3,(H,17,20)(H,18,19). The van der Waals surface area contributed by atoms with Gasteiger partial charge in [0.15, 0.2) is 0 Å². The Morgan fingerprint density at radius 3 is 1.85 bits per heavy atom. The monoisotopic (exact) mass is 305 g/mol. The average molecular weight is 305 g/mol. The fourth-order valence-electron chi connectivity index (χ4n) is 1.53. The first-order valence-electron chi connectivity index (χ1n) is 5.64. The first-order chi connectivity index (χ1) is 8.67. The summed E-state index contributed by atoms with van der Waals surface area (Å²) in [7, 11) is 0. The van der Waals surface area contributed by atoms with Crippen molar-refractivity contribution in [2.45, 2.75) is 51.8 Å². The van der Waals surface area contributed by atoms with Crippen molar-refractivity contribution in [2.75, 3.05) is 0 Å². The van der Waals surface area contributed by atoms with Gasteiger partial charge in [-0.3, -0.25) is 9.59 Å². The van der Waals surface area contributed by atoms with E-state index in [1.165, 1.54) is 5.32 Å². The van der Waals surface area contributed by atoms with Crippen LogP contribution >= 0.6 is 0 Å². The molecule has 0 aromatic heterocycles. The van der Waals surface area contributed by atoms with Gasteiger partial charge >= 0.3 is 24.0 Å². The molecule has 0 aliphatic carbocycles. The smallest absolute Gasteiger partial charge is 0.463 e. The van der Waals surface area contributed by atoms with Crippen LogP contribution in [0.25, 0.3) is 0 Å². The Morgan fingerprint density at radius 2 is 1.55 bits per heavy atom. The molecule has 0 aliphatic heterocycles. The number of aliphatic carboxylic acids is 1. The van der Waals surface area contributed by atoms with Crippen molar-refractivity contribution in [1.82, 2.24) is 5.32 Å². The lowest BCUT2D eigenvalue weighted by Crippen LogP contribution is -2.53. The van der Waals surface area contributed by atoms with Crippen LogP contribution in [0.15, 0.2) is 0 Å². The number of carbonyl (C=O) groups is 2. The maximum absolute atomic E-state index is 12.8. The molecule has 0 bridgehead atoms. The fourth-order valence-corrected chi connectivity index (χ4v) is 1.53. The number of rotatable bonds is 5. The molecular weight excluding hydrogens is 289 g/mol. The Labute approximate surface area is 112 Å². The average Bonchev–Trinajstić information content (AvgIpc) is 2.10. The third-order valence-electron chi connectivity index (χ3n) is 2.26. The molecular formula is C11H16F5NO3. The molecule has 0 aromatic rings. The van der Waals surface area contributed by atoms with Crippen LogP contribution in [0.2, 0.25) is 0 Å². The van der Waals surface area contributed by atoms with Gasteiger partial charge in [-0.05, 0) is 11.8 Å². The van der Waals surface area contributed by atoms with Gasteiger partial charge < -0.3 is 10.4 Å². The molecule has 0 heterocycles. The summed E-state index contributed by atoms with van der Waals surface area (Å²) in [6.07, 6.45) is -6.82. The Hall–Kier alpha value is -1.41. The van der Waals surface area contributed by atoms with Crippen molar-refractivity contribution in [2.24, 2.45) is 5.41 Å². The number of alkyl halides is 5. The minimum Gasteiger partial charge on any atom is -0.481 e. The van der Waals surface area contributed by atoms with Crippen molar-refractivity contribution < 1.29 is 36.6 Å². The van der Waals surface area contributed by atoms with Crippen LogP contribution in [0.1, 0.15) is 33.6 Å². The Bertz CT molecular complexity index is 373. The quantitative estimate of drug-likeness (QED) is 0.767. The van der Waals surface area contributed by atoms with Crippen LogP contribution in [0, 0.1) is 5.41 Å². The number of halogens is 5. The Morgan fingerprint density at radius 1 is 1.10 bits per heavy atom. The van der Waals surface area contributed by atoms with Gasteiger partial charge in [0.1, 0.15) is 0 Å². The summed E-state index contributed by atoms with van der Waals surface area (Å²) >= 11 is 0. The summed E-state index contributed by atoms with van der Waals surface area (Å²) in [5, 5.41) is 10.1. The van der Waals surface area contributed by atoms with Gasteiger partial charge in [-0.15, -0.1) is 0 Å². The largest absolute Gasteiger partial charge is 0.481 e. The summed E-state index contributed by atoms with van der Waals surface area (Å²) in [5.41, 5.74) is -0.555.